The van der Waals surface area contributed by atoms with Crippen LogP contribution >= 0.6 is 0 Å². The zero-order valence-corrected chi connectivity index (χ0v) is 16.9. The number of nitrogens with zero attached hydrogens (tertiary/aromatic N) is 2. The zero-order chi connectivity index (χ0) is 20.1. The van der Waals surface area contributed by atoms with Crippen molar-refractivity contribution in [2.45, 2.75) is 11.8 Å². The summed E-state index contributed by atoms with van der Waals surface area (Å²) >= 11 is 0. The molecule has 0 atom stereocenters. The molecule has 1 heterocycles. The molecular formula is C20H25N3O4S. The largest absolute Gasteiger partial charge is 0.497 e. The van der Waals surface area contributed by atoms with Crippen molar-refractivity contribution in [3.63, 3.8) is 0 Å². The molecule has 0 spiro atoms. The van der Waals surface area contributed by atoms with Crippen LogP contribution in [-0.4, -0.2) is 64.0 Å². The molecule has 1 aliphatic heterocycles. The Morgan fingerprint density at radius 1 is 1.07 bits per heavy atom. The van der Waals surface area contributed by atoms with E-state index in [4.69, 9.17) is 4.74 Å². The van der Waals surface area contributed by atoms with Crippen molar-refractivity contribution in [1.82, 2.24) is 9.80 Å². The first-order valence-corrected chi connectivity index (χ1v) is 10.7. The Balaban J connectivity index is 1.75. The smallest absolute Gasteiger partial charge is 0.261 e. The van der Waals surface area contributed by atoms with E-state index in [1.54, 1.807) is 48.4 Å². The Morgan fingerprint density at radius 2 is 1.75 bits per heavy atom. The number of anilines is 1. The van der Waals surface area contributed by atoms with Gasteiger partial charge >= 0.3 is 0 Å². The van der Waals surface area contributed by atoms with Crippen LogP contribution in [0.3, 0.4) is 0 Å². The van der Waals surface area contributed by atoms with Gasteiger partial charge in [-0.3, -0.25) is 9.52 Å². The summed E-state index contributed by atoms with van der Waals surface area (Å²) in [5.41, 5.74) is 0.802. The molecule has 2 aromatic rings. The standard InChI is InChI=1S/C20H25N3O4S/c1-3-22-11-13-23(14-12-22)20(24)16-5-4-6-19(15-16)28(25,26)21-17-7-9-18(27-2)10-8-17/h4-10,15,21H,3,11-14H2,1-2H3. The van der Waals surface area contributed by atoms with Crippen LogP contribution in [0.5, 0.6) is 5.75 Å². The zero-order valence-electron chi connectivity index (χ0n) is 16.1. The second-order valence-corrected chi connectivity index (χ2v) is 8.27. The summed E-state index contributed by atoms with van der Waals surface area (Å²) in [4.78, 5) is 16.9. The number of amides is 1. The number of piperazine rings is 1. The van der Waals surface area contributed by atoms with Gasteiger partial charge < -0.3 is 14.5 Å². The first-order valence-electron chi connectivity index (χ1n) is 9.21. The maximum Gasteiger partial charge on any atom is 0.261 e. The minimum atomic E-state index is -3.80. The highest BCUT2D eigenvalue weighted by molar-refractivity contribution is 7.92. The number of carbonyl (C=O) groups excluding carboxylic acids is 1. The Kier molecular flexibility index (Phi) is 6.21. The molecule has 0 aromatic heterocycles. The first-order chi connectivity index (χ1) is 13.4. The van der Waals surface area contributed by atoms with Gasteiger partial charge in [0.2, 0.25) is 0 Å². The first kappa shape index (κ1) is 20.2. The van der Waals surface area contributed by atoms with Gasteiger partial charge in [0.15, 0.2) is 0 Å². The second kappa shape index (κ2) is 8.62. The number of methoxy groups -OCH3 is 1. The van der Waals surface area contributed by atoms with Gasteiger partial charge in [0, 0.05) is 37.4 Å². The number of hydrogen-bond acceptors (Lipinski definition) is 5. The second-order valence-electron chi connectivity index (χ2n) is 6.59. The molecule has 1 fully saturated rings. The molecule has 0 bridgehead atoms. The van der Waals surface area contributed by atoms with Crippen molar-refractivity contribution < 1.29 is 17.9 Å². The summed E-state index contributed by atoms with van der Waals surface area (Å²) in [5.74, 6) is 0.496. The van der Waals surface area contributed by atoms with Gasteiger partial charge in [0.25, 0.3) is 15.9 Å². The molecule has 2 aromatic carbocycles. The predicted octanol–water partition coefficient (Wildman–Crippen LogP) is 2.27. The maximum atomic E-state index is 12.8. The number of benzene rings is 2. The third-order valence-corrected chi connectivity index (χ3v) is 6.22. The van der Waals surface area contributed by atoms with Crippen molar-refractivity contribution >= 4 is 21.6 Å². The summed E-state index contributed by atoms with van der Waals surface area (Å²) in [6, 6.07) is 12.8. The number of likely N-dealkylation sites (N-methyl/N-ethyl adjacent to an activating group) is 1. The fourth-order valence-electron chi connectivity index (χ4n) is 3.12. The molecule has 8 heteroatoms. The van der Waals surface area contributed by atoms with E-state index in [1.807, 2.05) is 0 Å². The number of carbonyl (C=O) groups is 1. The van der Waals surface area contributed by atoms with Crippen LogP contribution in [0.4, 0.5) is 5.69 Å². The Labute approximate surface area is 166 Å². The lowest BCUT2D eigenvalue weighted by molar-refractivity contribution is 0.0643. The monoisotopic (exact) mass is 403 g/mol. The van der Waals surface area contributed by atoms with Gasteiger partial charge in [0.05, 0.1) is 12.0 Å². The number of nitrogens with one attached hydrogen (secondary N) is 1. The molecular weight excluding hydrogens is 378 g/mol. The number of sulfonamides is 1. The summed E-state index contributed by atoms with van der Waals surface area (Å²) < 4.78 is 33.0. The lowest BCUT2D eigenvalue weighted by Crippen LogP contribution is -2.48. The van der Waals surface area contributed by atoms with Crippen molar-refractivity contribution in [3.05, 3.63) is 54.1 Å². The Morgan fingerprint density at radius 3 is 2.36 bits per heavy atom. The molecule has 0 unspecified atom stereocenters. The van der Waals surface area contributed by atoms with Gasteiger partial charge in [-0.05, 0) is 49.0 Å². The average Bonchev–Trinajstić information content (AvgIpc) is 2.73. The van der Waals surface area contributed by atoms with Crippen molar-refractivity contribution in [3.8, 4) is 5.75 Å². The molecule has 1 amide bonds. The van der Waals surface area contributed by atoms with Gasteiger partial charge in [-0.1, -0.05) is 13.0 Å². The van der Waals surface area contributed by atoms with E-state index in [2.05, 4.69) is 16.5 Å². The fourth-order valence-corrected chi connectivity index (χ4v) is 4.22. The van der Waals surface area contributed by atoms with Crippen LogP contribution in [0, 0.1) is 0 Å². The van der Waals surface area contributed by atoms with E-state index >= 15 is 0 Å². The van der Waals surface area contributed by atoms with Crippen LogP contribution < -0.4 is 9.46 Å². The van der Waals surface area contributed by atoms with E-state index in [0.29, 0.717) is 30.1 Å². The topological polar surface area (TPSA) is 79.0 Å². The van der Waals surface area contributed by atoms with Gasteiger partial charge in [-0.15, -0.1) is 0 Å². The van der Waals surface area contributed by atoms with Gasteiger partial charge in [-0.25, -0.2) is 8.42 Å². The molecule has 0 aliphatic carbocycles. The fraction of sp³-hybridized carbons (Fsp3) is 0.350. The molecule has 1 saturated heterocycles. The van der Waals surface area contributed by atoms with Gasteiger partial charge in [-0.2, -0.15) is 0 Å². The average molecular weight is 404 g/mol. The molecule has 7 nitrogen and oxygen atoms in total. The van der Waals surface area contributed by atoms with Crippen LogP contribution in [0.15, 0.2) is 53.4 Å². The summed E-state index contributed by atoms with van der Waals surface area (Å²) in [6.07, 6.45) is 0. The highest BCUT2D eigenvalue weighted by Crippen LogP contribution is 2.20. The Hall–Kier alpha value is -2.58. The van der Waals surface area contributed by atoms with Crippen LogP contribution in [-0.2, 0) is 10.0 Å². The highest BCUT2D eigenvalue weighted by atomic mass is 32.2. The molecule has 150 valence electrons. The third-order valence-electron chi connectivity index (χ3n) is 4.84. The van der Waals surface area contributed by atoms with E-state index < -0.39 is 10.0 Å². The quantitative estimate of drug-likeness (QED) is 0.801. The number of rotatable bonds is 6. The number of hydrogen-bond donors (Lipinski definition) is 1. The van der Waals surface area contributed by atoms with Crippen LogP contribution in [0.1, 0.15) is 17.3 Å². The highest BCUT2D eigenvalue weighted by Gasteiger charge is 2.23. The van der Waals surface area contributed by atoms with Crippen molar-refractivity contribution in [1.29, 1.82) is 0 Å². The summed E-state index contributed by atoms with van der Waals surface area (Å²) in [5, 5.41) is 0. The lowest BCUT2D eigenvalue weighted by Gasteiger charge is -2.34. The normalized spacial score (nSPS) is 15.3. The van der Waals surface area contributed by atoms with E-state index in [-0.39, 0.29) is 10.8 Å². The Bertz CT molecular complexity index is 921. The minimum absolute atomic E-state index is 0.0568. The van der Waals surface area contributed by atoms with Crippen molar-refractivity contribution in [2.75, 3.05) is 44.6 Å². The van der Waals surface area contributed by atoms with E-state index in [0.717, 1.165) is 19.6 Å². The molecule has 1 N–H and O–H groups in total. The molecule has 0 radical (unpaired) electrons. The maximum absolute atomic E-state index is 12.8. The summed E-state index contributed by atoms with van der Waals surface area (Å²) in [7, 11) is -2.26. The molecule has 1 aliphatic rings. The molecule has 28 heavy (non-hydrogen) atoms. The van der Waals surface area contributed by atoms with Crippen LogP contribution in [0.2, 0.25) is 0 Å². The van der Waals surface area contributed by atoms with E-state index in [1.165, 1.54) is 12.1 Å². The van der Waals surface area contributed by atoms with Crippen molar-refractivity contribution in [2.24, 2.45) is 0 Å². The lowest BCUT2D eigenvalue weighted by atomic mass is 10.2. The number of ether oxygens (including phenoxy) is 1. The molecule has 0 saturated carbocycles. The minimum Gasteiger partial charge on any atom is -0.497 e. The van der Waals surface area contributed by atoms with Crippen LogP contribution in [0.25, 0.3) is 0 Å². The molecule has 3 rings (SSSR count). The SMILES string of the molecule is CCN1CCN(C(=O)c2cccc(S(=O)(=O)Nc3ccc(OC)cc3)c2)CC1. The summed E-state index contributed by atoms with van der Waals surface area (Å²) in [6.45, 7) is 6.02. The van der Waals surface area contributed by atoms with E-state index in [9.17, 15) is 13.2 Å². The van der Waals surface area contributed by atoms with Gasteiger partial charge in [0.1, 0.15) is 5.75 Å². The predicted molar refractivity (Wildman–Crippen MR) is 108 cm³/mol. The third kappa shape index (κ3) is 4.63.